The van der Waals surface area contributed by atoms with Crippen molar-refractivity contribution in [2.24, 2.45) is 0 Å². The van der Waals surface area contributed by atoms with E-state index in [1.807, 2.05) is 6.92 Å². The van der Waals surface area contributed by atoms with E-state index in [2.05, 4.69) is 21.0 Å². The first-order valence-electron chi connectivity index (χ1n) is 6.44. The highest BCUT2D eigenvalue weighted by molar-refractivity contribution is 9.10. The Balaban J connectivity index is 2.52. The molecule has 118 valence electrons. The van der Waals surface area contributed by atoms with Crippen LogP contribution in [-0.2, 0) is 12.6 Å². The molecule has 4 nitrogen and oxygen atoms in total. The molecule has 1 heterocycles. The van der Waals surface area contributed by atoms with Gasteiger partial charge in [-0.3, -0.25) is 0 Å². The van der Waals surface area contributed by atoms with Crippen LogP contribution in [0.5, 0.6) is 0 Å². The largest absolute Gasteiger partial charge is 0.476 e. The number of carboxylic acids is 1. The lowest BCUT2D eigenvalue weighted by molar-refractivity contribution is -0.137. The van der Waals surface area contributed by atoms with Gasteiger partial charge < -0.3 is 5.11 Å². The van der Waals surface area contributed by atoms with Gasteiger partial charge in [-0.2, -0.15) is 18.3 Å². The first-order chi connectivity index (χ1) is 10.3. The number of carboxylic acid groups (broad SMARTS) is 1. The number of aryl methyl sites for hydroxylation is 1. The molecular weight excluding hydrogens is 365 g/mol. The standard InChI is InChI=1S/C14H12BrF3N2O2/c1-2-3-10-11(15)12(13(21)22)20(19-10)9-6-4-8(5-7-9)14(16,17)18/h4-7H,2-3H2,1H3,(H,21,22). The summed E-state index contributed by atoms with van der Waals surface area (Å²) in [5.41, 5.74) is -0.0930. The van der Waals surface area contributed by atoms with Gasteiger partial charge >= 0.3 is 12.1 Å². The van der Waals surface area contributed by atoms with E-state index < -0.39 is 17.7 Å². The zero-order chi connectivity index (χ0) is 16.5. The summed E-state index contributed by atoms with van der Waals surface area (Å²) in [6, 6.07) is 4.20. The van der Waals surface area contributed by atoms with E-state index in [0.717, 1.165) is 23.2 Å². The molecular formula is C14H12BrF3N2O2. The lowest BCUT2D eigenvalue weighted by atomic mass is 10.2. The Labute approximate surface area is 132 Å². The van der Waals surface area contributed by atoms with Gasteiger partial charge in [-0.15, -0.1) is 0 Å². The van der Waals surface area contributed by atoms with E-state index in [9.17, 15) is 23.1 Å². The molecule has 0 aliphatic rings. The van der Waals surface area contributed by atoms with Gasteiger partial charge in [0.25, 0.3) is 0 Å². The molecule has 8 heteroatoms. The van der Waals surface area contributed by atoms with Crippen LogP contribution in [0.25, 0.3) is 5.69 Å². The van der Waals surface area contributed by atoms with Gasteiger partial charge in [0.05, 0.1) is 21.4 Å². The fraction of sp³-hybridized carbons (Fsp3) is 0.286. The molecule has 0 aliphatic carbocycles. The third kappa shape index (κ3) is 3.16. The summed E-state index contributed by atoms with van der Waals surface area (Å²) in [5, 5.41) is 13.5. The molecule has 1 N–H and O–H groups in total. The van der Waals surface area contributed by atoms with Crippen LogP contribution in [0, 0.1) is 0 Å². The second-order valence-corrected chi connectivity index (χ2v) is 5.41. The Kier molecular flexibility index (Phi) is 4.60. The van der Waals surface area contributed by atoms with Crippen molar-refractivity contribution in [3.63, 3.8) is 0 Å². The number of halogens is 4. The van der Waals surface area contributed by atoms with Crippen LogP contribution >= 0.6 is 15.9 Å². The molecule has 0 atom stereocenters. The number of carbonyl (C=O) groups is 1. The van der Waals surface area contributed by atoms with Crippen LogP contribution in [0.2, 0.25) is 0 Å². The van der Waals surface area contributed by atoms with Crippen LogP contribution < -0.4 is 0 Å². The maximum atomic E-state index is 12.6. The lowest BCUT2D eigenvalue weighted by Gasteiger charge is -2.08. The summed E-state index contributed by atoms with van der Waals surface area (Å²) in [7, 11) is 0. The molecule has 0 aliphatic heterocycles. The van der Waals surface area contributed by atoms with Gasteiger partial charge in [0.1, 0.15) is 0 Å². The highest BCUT2D eigenvalue weighted by Crippen LogP contribution is 2.31. The highest BCUT2D eigenvalue weighted by Gasteiger charge is 2.30. The summed E-state index contributed by atoms with van der Waals surface area (Å²) in [6.07, 6.45) is -3.11. The minimum atomic E-state index is -4.44. The van der Waals surface area contributed by atoms with Crippen molar-refractivity contribution in [3.05, 3.63) is 45.7 Å². The minimum absolute atomic E-state index is 0.108. The third-order valence-corrected chi connectivity index (χ3v) is 3.86. The number of rotatable bonds is 4. The smallest absolute Gasteiger partial charge is 0.416 e. The topological polar surface area (TPSA) is 55.1 Å². The predicted octanol–water partition coefficient (Wildman–Crippen LogP) is 4.30. The van der Waals surface area contributed by atoms with E-state index in [1.54, 1.807) is 0 Å². The molecule has 2 aromatic rings. The summed E-state index contributed by atoms with van der Waals surface area (Å²) >= 11 is 3.20. The number of hydrogen-bond donors (Lipinski definition) is 1. The molecule has 1 aromatic heterocycles. The van der Waals surface area contributed by atoms with Gasteiger partial charge in [-0.05, 0) is 46.6 Å². The molecule has 0 radical (unpaired) electrons. The molecule has 0 amide bonds. The van der Waals surface area contributed by atoms with E-state index in [0.29, 0.717) is 16.6 Å². The van der Waals surface area contributed by atoms with E-state index >= 15 is 0 Å². The van der Waals surface area contributed by atoms with Crippen molar-refractivity contribution in [3.8, 4) is 5.69 Å². The molecule has 2 rings (SSSR count). The zero-order valence-electron chi connectivity index (χ0n) is 11.5. The van der Waals surface area contributed by atoms with Crippen LogP contribution in [0.1, 0.15) is 35.1 Å². The summed E-state index contributed by atoms with van der Waals surface area (Å²) in [4.78, 5) is 11.4. The Morgan fingerprint density at radius 3 is 2.36 bits per heavy atom. The number of aromatic nitrogens is 2. The number of hydrogen-bond acceptors (Lipinski definition) is 2. The second kappa shape index (κ2) is 6.12. The van der Waals surface area contributed by atoms with Gasteiger partial charge in [0.15, 0.2) is 5.69 Å². The molecule has 0 saturated carbocycles. The summed E-state index contributed by atoms with van der Waals surface area (Å²) in [6.45, 7) is 1.92. The Bertz CT molecular complexity index is 693. The Morgan fingerprint density at radius 2 is 1.91 bits per heavy atom. The fourth-order valence-corrected chi connectivity index (χ4v) is 2.62. The normalized spacial score (nSPS) is 11.7. The van der Waals surface area contributed by atoms with Crippen LogP contribution in [0.15, 0.2) is 28.7 Å². The Hall–Kier alpha value is -1.83. The van der Waals surface area contributed by atoms with E-state index in [1.165, 1.54) is 12.1 Å². The van der Waals surface area contributed by atoms with Gasteiger partial charge in [-0.1, -0.05) is 13.3 Å². The quantitative estimate of drug-likeness (QED) is 0.864. The van der Waals surface area contributed by atoms with Gasteiger partial charge in [0, 0.05) is 0 Å². The molecule has 22 heavy (non-hydrogen) atoms. The van der Waals surface area contributed by atoms with Crippen molar-refractivity contribution >= 4 is 21.9 Å². The van der Waals surface area contributed by atoms with Crippen LogP contribution in [-0.4, -0.2) is 20.9 Å². The van der Waals surface area contributed by atoms with Crippen molar-refractivity contribution in [1.29, 1.82) is 0 Å². The Morgan fingerprint density at radius 1 is 1.32 bits per heavy atom. The number of alkyl halides is 3. The molecule has 0 bridgehead atoms. The summed E-state index contributed by atoms with van der Waals surface area (Å²) < 4.78 is 39.2. The highest BCUT2D eigenvalue weighted by atomic mass is 79.9. The number of benzene rings is 1. The zero-order valence-corrected chi connectivity index (χ0v) is 13.1. The van der Waals surface area contributed by atoms with Crippen molar-refractivity contribution in [2.75, 3.05) is 0 Å². The predicted molar refractivity (Wildman–Crippen MR) is 77.2 cm³/mol. The third-order valence-electron chi connectivity index (χ3n) is 3.02. The molecule has 1 aromatic carbocycles. The first-order valence-corrected chi connectivity index (χ1v) is 7.23. The SMILES string of the molecule is CCCc1nn(-c2ccc(C(F)(F)F)cc2)c(C(=O)O)c1Br. The second-order valence-electron chi connectivity index (χ2n) is 4.62. The average molecular weight is 377 g/mol. The van der Waals surface area contributed by atoms with E-state index in [-0.39, 0.29) is 11.4 Å². The van der Waals surface area contributed by atoms with E-state index in [4.69, 9.17) is 0 Å². The molecule has 0 fully saturated rings. The van der Waals surface area contributed by atoms with Crippen molar-refractivity contribution in [2.45, 2.75) is 25.9 Å². The minimum Gasteiger partial charge on any atom is -0.476 e. The monoisotopic (exact) mass is 376 g/mol. The lowest BCUT2D eigenvalue weighted by Crippen LogP contribution is -2.10. The molecule has 0 unspecified atom stereocenters. The van der Waals surface area contributed by atoms with Gasteiger partial charge in [0.2, 0.25) is 0 Å². The maximum Gasteiger partial charge on any atom is 0.416 e. The maximum absolute atomic E-state index is 12.6. The number of aromatic carboxylic acids is 1. The average Bonchev–Trinajstić information content (AvgIpc) is 2.76. The number of nitrogens with zero attached hydrogens (tertiary/aromatic N) is 2. The fourth-order valence-electron chi connectivity index (χ4n) is 2.00. The van der Waals surface area contributed by atoms with Crippen molar-refractivity contribution in [1.82, 2.24) is 9.78 Å². The molecule has 0 spiro atoms. The van der Waals surface area contributed by atoms with Crippen LogP contribution in [0.3, 0.4) is 0 Å². The van der Waals surface area contributed by atoms with Crippen molar-refractivity contribution < 1.29 is 23.1 Å². The molecule has 0 saturated heterocycles. The first kappa shape index (κ1) is 16.5. The van der Waals surface area contributed by atoms with Crippen LogP contribution in [0.4, 0.5) is 13.2 Å². The van der Waals surface area contributed by atoms with Gasteiger partial charge in [-0.25, -0.2) is 9.48 Å². The summed E-state index contributed by atoms with van der Waals surface area (Å²) in [5.74, 6) is -1.21.